The van der Waals surface area contributed by atoms with Crippen molar-refractivity contribution in [1.29, 1.82) is 0 Å². The highest BCUT2D eigenvalue weighted by molar-refractivity contribution is 6.06. The maximum absolute atomic E-state index is 12.6. The van der Waals surface area contributed by atoms with E-state index in [0.29, 0.717) is 17.1 Å². The zero-order valence-corrected chi connectivity index (χ0v) is 14.6. The van der Waals surface area contributed by atoms with Crippen LogP contribution in [0.5, 0.6) is 0 Å². The lowest BCUT2D eigenvalue weighted by Gasteiger charge is -2.13. The van der Waals surface area contributed by atoms with Crippen molar-refractivity contribution in [2.75, 3.05) is 0 Å². The Morgan fingerprint density at radius 3 is 2.29 bits per heavy atom. The van der Waals surface area contributed by atoms with Gasteiger partial charge in [0, 0.05) is 17.7 Å². The molecule has 4 atom stereocenters. The number of hydrogen-bond donors (Lipinski definition) is 0. The normalized spacial score (nSPS) is 27.9. The summed E-state index contributed by atoms with van der Waals surface area (Å²) in [5.41, 5.74) is 0.674. The fourth-order valence-corrected chi connectivity index (χ4v) is 4.44. The van der Waals surface area contributed by atoms with Crippen molar-refractivity contribution in [2.24, 2.45) is 28.8 Å². The summed E-state index contributed by atoms with van der Waals surface area (Å²) in [6.07, 6.45) is 6.29. The molecule has 0 N–H and O–H groups in total. The molecule has 1 saturated carbocycles. The molecule has 1 aliphatic heterocycles. The minimum atomic E-state index is -0.467. The largest absolute Gasteiger partial charge is 0.455 e. The molecule has 0 unspecified atom stereocenters. The first-order valence-corrected chi connectivity index (χ1v) is 8.98. The van der Waals surface area contributed by atoms with Crippen molar-refractivity contribution in [3.8, 4) is 11.3 Å². The molecule has 2 heterocycles. The minimum Gasteiger partial charge on any atom is -0.455 e. The van der Waals surface area contributed by atoms with Gasteiger partial charge >= 0.3 is 0 Å². The van der Waals surface area contributed by atoms with E-state index in [1.807, 2.05) is 12.2 Å². The maximum atomic E-state index is 12.6. The second-order valence-corrected chi connectivity index (χ2v) is 7.24. The first-order valence-electron chi connectivity index (χ1n) is 8.98. The second kappa shape index (κ2) is 5.98. The van der Waals surface area contributed by atoms with Crippen LogP contribution >= 0.6 is 0 Å². The number of allylic oxidation sites excluding steroid dienone is 2. The molecule has 2 bridgehead atoms. The first kappa shape index (κ1) is 16.6. The van der Waals surface area contributed by atoms with Gasteiger partial charge in [0.25, 0.3) is 17.5 Å². The molecule has 140 valence electrons. The monoisotopic (exact) mass is 377 g/mol. The van der Waals surface area contributed by atoms with Gasteiger partial charge in [-0.05, 0) is 42.5 Å². The lowest BCUT2D eigenvalue weighted by atomic mass is 9.85. The van der Waals surface area contributed by atoms with Crippen molar-refractivity contribution in [3.05, 3.63) is 64.4 Å². The van der Waals surface area contributed by atoms with E-state index in [9.17, 15) is 19.7 Å². The Kier molecular flexibility index (Phi) is 3.55. The van der Waals surface area contributed by atoms with E-state index < -0.39 is 4.92 Å². The number of nitro benzene ring substituents is 1. The van der Waals surface area contributed by atoms with Crippen molar-refractivity contribution in [3.63, 3.8) is 0 Å². The lowest BCUT2D eigenvalue weighted by Crippen LogP contribution is -2.28. The molecular formula is C20H15N3O5. The van der Waals surface area contributed by atoms with E-state index in [-0.39, 0.29) is 41.2 Å². The van der Waals surface area contributed by atoms with Crippen LogP contribution in [0.25, 0.3) is 11.3 Å². The number of nitro groups is 1. The highest BCUT2D eigenvalue weighted by atomic mass is 16.6. The smallest absolute Gasteiger partial charge is 0.269 e. The van der Waals surface area contributed by atoms with Gasteiger partial charge in [-0.25, -0.2) is 0 Å². The summed E-state index contributed by atoms with van der Waals surface area (Å²) >= 11 is 0. The summed E-state index contributed by atoms with van der Waals surface area (Å²) in [6, 6.07) is 9.35. The maximum Gasteiger partial charge on any atom is 0.269 e. The van der Waals surface area contributed by atoms with Crippen LogP contribution in [0.2, 0.25) is 0 Å². The summed E-state index contributed by atoms with van der Waals surface area (Å²) in [4.78, 5) is 35.5. The molecule has 8 heteroatoms. The van der Waals surface area contributed by atoms with Crippen LogP contribution < -0.4 is 0 Å². The van der Waals surface area contributed by atoms with Gasteiger partial charge in [0.15, 0.2) is 0 Å². The first-order chi connectivity index (χ1) is 13.5. The average Bonchev–Trinajstić information content (AvgIpc) is 3.46. The number of amides is 2. The molecular weight excluding hydrogens is 362 g/mol. The molecule has 2 aliphatic carbocycles. The number of carbonyl (C=O) groups excluding carboxylic acids is 2. The third-order valence-electron chi connectivity index (χ3n) is 5.74. The molecule has 1 aromatic heterocycles. The number of imide groups is 1. The molecule has 8 nitrogen and oxygen atoms in total. The SMILES string of the molecule is O=C1[C@H]2[C@H](C(=O)N1/N=C\c1ccc(-c3ccc([N+](=O)[O-])cc3)o1)[C@H]1C=C[C@H]2C1. The fourth-order valence-electron chi connectivity index (χ4n) is 4.44. The lowest BCUT2D eigenvalue weighted by molar-refractivity contribution is -0.384. The Balaban J connectivity index is 1.33. The summed E-state index contributed by atoms with van der Waals surface area (Å²) < 4.78 is 5.67. The quantitative estimate of drug-likeness (QED) is 0.268. The summed E-state index contributed by atoms with van der Waals surface area (Å²) in [5.74, 6) is 0.115. The molecule has 2 aromatic rings. The van der Waals surface area contributed by atoms with E-state index in [1.54, 1.807) is 24.3 Å². The topological polar surface area (TPSA) is 106 Å². The van der Waals surface area contributed by atoms with Gasteiger partial charge in [-0.15, -0.1) is 0 Å². The predicted octanol–water partition coefficient (Wildman–Crippen LogP) is 3.00. The van der Waals surface area contributed by atoms with Crippen LogP contribution in [0.4, 0.5) is 5.69 Å². The van der Waals surface area contributed by atoms with Crippen LogP contribution in [0.15, 0.2) is 58.1 Å². The van der Waals surface area contributed by atoms with E-state index in [2.05, 4.69) is 5.10 Å². The molecule has 28 heavy (non-hydrogen) atoms. The summed E-state index contributed by atoms with van der Waals surface area (Å²) in [5, 5.41) is 15.8. The Hall–Kier alpha value is -3.55. The Labute approximate surface area is 159 Å². The van der Waals surface area contributed by atoms with Crippen LogP contribution in [0, 0.1) is 33.8 Å². The van der Waals surface area contributed by atoms with Crippen LogP contribution in [-0.2, 0) is 9.59 Å². The van der Waals surface area contributed by atoms with Crippen molar-refractivity contribution >= 4 is 23.7 Å². The van der Waals surface area contributed by atoms with Gasteiger partial charge in [-0.1, -0.05) is 12.2 Å². The molecule has 1 saturated heterocycles. The van der Waals surface area contributed by atoms with Gasteiger partial charge < -0.3 is 4.42 Å². The number of non-ortho nitro benzene ring substituents is 1. The van der Waals surface area contributed by atoms with Crippen LogP contribution in [0.3, 0.4) is 0 Å². The standard InChI is InChI=1S/C20H15N3O5/c24-19-17-12-1-2-13(9-12)18(17)20(25)22(19)21-10-15-7-8-16(28-15)11-3-5-14(6-4-11)23(26)27/h1-8,10,12-13,17-18H,9H2/b21-10-/t12-,13-,17+,18+/m0/s1. The molecule has 2 fully saturated rings. The molecule has 3 aliphatic rings. The van der Waals surface area contributed by atoms with E-state index in [0.717, 1.165) is 11.4 Å². The number of benzene rings is 1. The highest BCUT2D eigenvalue weighted by Crippen LogP contribution is 2.52. The zero-order valence-electron chi connectivity index (χ0n) is 14.6. The molecule has 0 spiro atoms. The number of rotatable bonds is 4. The van der Waals surface area contributed by atoms with Crippen molar-refractivity contribution < 1.29 is 18.9 Å². The van der Waals surface area contributed by atoms with Crippen molar-refractivity contribution in [2.45, 2.75) is 6.42 Å². The number of nitrogens with zero attached hydrogens (tertiary/aromatic N) is 3. The molecule has 1 aromatic carbocycles. The third-order valence-corrected chi connectivity index (χ3v) is 5.74. The zero-order chi connectivity index (χ0) is 19.4. The van der Waals surface area contributed by atoms with Gasteiger partial charge in [0.05, 0.1) is 23.0 Å². The van der Waals surface area contributed by atoms with E-state index in [4.69, 9.17) is 4.42 Å². The van der Waals surface area contributed by atoms with Gasteiger partial charge in [-0.3, -0.25) is 19.7 Å². The molecule has 2 amide bonds. The number of furan rings is 1. The van der Waals surface area contributed by atoms with Crippen LogP contribution in [0.1, 0.15) is 12.2 Å². The Morgan fingerprint density at radius 2 is 1.68 bits per heavy atom. The number of hydrazone groups is 1. The summed E-state index contributed by atoms with van der Waals surface area (Å²) in [6.45, 7) is 0. The van der Waals surface area contributed by atoms with Crippen LogP contribution in [-0.4, -0.2) is 28.0 Å². The second-order valence-electron chi connectivity index (χ2n) is 7.24. The van der Waals surface area contributed by atoms with Gasteiger partial charge in [0.2, 0.25) is 0 Å². The van der Waals surface area contributed by atoms with E-state index in [1.165, 1.54) is 18.3 Å². The molecule has 5 rings (SSSR count). The number of carbonyl (C=O) groups is 2. The fraction of sp³-hybridized carbons (Fsp3) is 0.250. The third kappa shape index (κ3) is 2.41. The summed E-state index contributed by atoms with van der Waals surface area (Å²) in [7, 11) is 0. The highest BCUT2D eigenvalue weighted by Gasteiger charge is 2.59. The number of hydrogen-bond acceptors (Lipinski definition) is 6. The Morgan fingerprint density at radius 1 is 1.04 bits per heavy atom. The van der Waals surface area contributed by atoms with Crippen molar-refractivity contribution in [1.82, 2.24) is 5.01 Å². The minimum absolute atomic E-state index is 0.00263. The Bertz CT molecular complexity index is 1020. The number of fused-ring (bicyclic) bond motifs is 5. The molecule has 0 radical (unpaired) electrons. The van der Waals surface area contributed by atoms with Gasteiger partial charge in [0.1, 0.15) is 11.5 Å². The average molecular weight is 377 g/mol. The predicted molar refractivity (Wildman–Crippen MR) is 98.0 cm³/mol. The van der Waals surface area contributed by atoms with Gasteiger partial charge in [-0.2, -0.15) is 10.1 Å². The van der Waals surface area contributed by atoms with E-state index >= 15 is 0 Å².